The number of halogens is 3. The molecule has 2 heterocycles. The zero-order valence-electron chi connectivity index (χ0n) is 14.1. The highest BCUT2D eigenvalue weighted by atomic mass is 35.5. The van der Waals surface area contributed by atoms with E-state index in [4.69, 9.17) is 27.6 Å². The van der Waals surface area contributed by atoms with Crippen molar-refractivity contribution in [1.29, 1.82) is 0 Å². The second kappa shape index (κ2) is 7.83. The average molecular weight is 433 g/mol. The standard InChI is InChI=1S/C20H11Cl2FN2O2S/c21-11-1-7-16(22)15(9-11)17-8-6-14(27-17)10-18-19(26)25-20(28-18)24-13-4-2-12(23)3-5-13/h1-10H,(H,24,25,26). The molecule has 0 bridgehead atoms. The molecule has 1 aromatic heterocycles. The lowest BCUT2D eigenvalue weighted by atomic mass is 10.2. The Morgan fingerprint density at radius 1 is 1.07 bits per heavy atom. The molecule has 1 aliphatic heterocycles. The average Bonchev–Trinajstić information content (AvgIpc) is 3.26. The molecular formula is C20H11Cl2FN2O2S. The highest BCUT2D eigenvalue weighted by Crippen LogP contribution is 2.33. The van der Waals surface area contributed by atoms with E-state index >= 15 is 0 Å². The monoisotopic (exact) mass is 432 g/mol. The number of hydrogen-bond acceptors (Lipinski definition) is 4. The maximum Gasteiger partial charge on any atom is 0.264 e. The third-order valence-electron chi connectivity index (χ3n) is 3.80. The summed E-state index contributed by atoms with van der Waals surface area (Å²) in [6.07, 6.45) is 1.62. The van der Waals surface area contributed by atoms with Gasteiger partial charge >= 0.3 is 0 Å². The summed E-state index contributed by atoms with van der Waals surface area (Å²) in [5, 5.41) is 4.14. The number of thioether (sulfide) groups is 1. The van der Waals surface area contributed by atoms with Gasteiger partial charge in [0.25, 0.3) is 5.91 Å². The largest absolute Gasteiger partial charge is 0.457 e. The summed E-state index contributed by atoms with van der Waals surface area (Å²) in [5.74, 6) is 0.403. The van der Waals surface area contributed by atoms with Crippen molar-refractivity contribution in [3.05, 3.63) is 81.1 Å². The number of amides is 1. The van der Waals surface area contributed by atoms with Crippen LogP contribution < -0.4 is 5.32 Å². The van der Waals surface area contributed by atoms with E-state index in [1.165, 1.54) is 36.0 Å². The van der Waals surface area contributed by atoms with Gasteiger partial charge < -0.3 is 9.73 Å². The normalized spacial score (nSPS) is 16.8. The van der Waals surface area contributed by atoms with Gasteiger partial charge in [0.15, 0.2) is 5.17 Å². The predicted molar refractivity (Wildman–Crippen MR) is 111 cm³/mol. The SMILES string of the molecule is O=C1NC(=Nc2ccc(F)cc2)SC1=Cc1ccc(-c2cc(Cl)ccc2Cl)o1. The summed E-state index contributed by atoms with van der Waals surface area (Å²) >= 11 is 13.4. The lowest BCUT2D eigenvalue weighted by Crippen LogP contribution is -2.19. The molecule has 4 rings (SSSR count). The van der Waals surface area contributed by atoms with Crippen LogP contribution in [0.2, 0.25) is 10.0 Å². The molecule has 1 N–H and O–H groups in total. The molecule has 3 aromatic rings. The van der Waals surface area contributed by atoms with E-state index in [-0.39, 0.29) is 11.7 Å². The van der Waals surface area contributed by atoms with Crippen LogP contribution in [-0.2, 0) is 4.79 Å². The van der Waals surface area contributed by atoms with Crippen LogP contribution in [0.25, 0.3) is 17.4 Å². The van der Waals surface area contributed by atoms with Gasteiger partial charge in [0, 0.05) is 16.7 Å². The van der Waals surface area contributed by atoms with Crippen LogP contribution in [0.15, 0.2) is 68.9 Å². The van der Waals surface area contributed by atoms with Crippen LogP contribution in [0.3, 0.4) is 0 Å². The Kier molecular flexibility index (Phi) is 5.26. The fourth-order valence-electron chi connectivity index (χ4n) is 2.50. The third kappa shape index (κ3) is 4.14. The molecule has 4 nitrogen and oxygen atoms in total. The minimum atomic E-state index is -0.346. The summed E-state index contributed by atoms with van der Waals surface area (Å²) in [4.78, 5) is 16.9. The third-order valence-corrected chi connectivity index (χ3v) is 5.28. The lowest BCUT2D eigenvalue weighted by Gasteiger charge is -2.01. The van der Waals surface area contributed by atoms with Gasteiger partial charge in [-0.25, -0.2) is 9.38 Å². The minimum absolute atomic E-state index is 0.287. The van der Waals surface area contributed by atoms with E-state index < -0.39 is 0 Å². The van der Waals surface area contributed by atoms with E-state index in [1.54, 1.807) is 36.4 Å². The summed E-state index contributed by atoms with van der Waals surface area (Å²) < 4.78 is 18.8. The summed E-state index contributed by atoms with van der Waals surface area (Å²) in [5.41, 5.74) is 1.21. The Bertz CT molecular complexity index is 1120. The van der Waals surface area contributed by atoms with Gasteiger partial charge in [-0.15, -0.1) is 0 Å². The summed E-state index contributed by atoms with van der Waals surface area (Å²) in [6, 6.07) is 14.3. The number of aliphatic imine (C=N–C) groups is 1. The molecule has 8 heteroatoms. The van der Waals surface area contributed by atoms with Gasteiger partial charge in [-0.3, -0.25) is 4.79 Å². The summed E-state index contributed by atoms with van der Waals surface area (Å²) in [7, 11) is 0. The number of furan rings is 1. The maximum absolute atomic E-state index is 13.0. The number of rotatable bonds is 3. The van der Waals surface area contributed by atoms with Gasteiger partial charge in [-0.2, -0.15) is 0 Å². The quantitative estimate of drug-likeness (QED) is 0.495. The molecule has 0 saturated carbocycles. The van der Waals surface area contributed by atoms with Gasteiger partial charge in [0.1, 0.15) is 17.3 Å². The first-order valence-corrected chi connectivity index (χ1v) is 9.65. The number of nitrogens with one attached hydrogen (secondary N) is 1. The molecule has 1 saturated heterocycles. The van der Waals surface area contributed by atoms with Crippen molar-refractivity contribution in [3.63, 3.8) is 0 Å². The Morgan fingerprint density at radius 3 is 2.64 bits per heavy atom. The van der Waals surface area contributed by atoms with E-state index in [2.05, 4.69) is 10.3 Å². The van der Waals surface area contributed by atoms with Crippen molar-refractivity contribution in [2.24, 2.45) is 4.99 Å². The van der Waals surface area contributed by atoms with Crippen molar-refractivity contribution in [1.82, 2.24) is 5.32 Å². The molecular weight excluding hydrogens is 422 g/mol. The zero-order chi connectivity index (χ0) is 19.7. The Balaban J connectivity index is 1.56. The molecule has 0 unspecified atom stereocenters. The molecule has 1 aliphatic rings. The first kappa shape index (κ1) is 18.8. The Morgan fingerprint density at radius 2 is 1.86 bits per heavy atom. The van der Waals surface area contributed by atoms with E-state index in [0.717, 1.165) is 0 Å². The van der Waals surface area contributed by atoms with Gasteiger partial charge in [-0.1, -0.05) is 23.2 Å². The number of benzene rings is 2. The number of carbonyl (C=O) groups excluding carboxylic acids is 1. The zero-order valence-corrected chi connectivity index (χ0v) is 16.4. The van der Waals surface area contributed by atoms with Crippen molar-refractivity contribution in [3.8, 4) is 11.3 Å². The van der Waals surface area contributed by atoms with Gasteiger partial charge in [-0.05, 0) is 66.4 Å². The first-order valence-electron chi connectivity index (χ1n) is 8.08. The van der Waals surface area contributed by atoms with E-state index in [1.807, 2.05) is 0 Å². The second-order valence-corrected chi connectivity index (χ2v) is 7.66. The van der Waals surface area contributed by atoms with Crippen molar-refractivity contribution < 1.29 is 13.6 Å². The van der Waals surface area contributed by atoms with E-state index in [9.17, 15) is 9.18 Å². The Hall–Kier alpha value is -2.54. The lowest BCUT2D eigenvalue weighted by molar-refractivity contribution is -0.115. The number of hydrogen-bond donors (Lipinski definition) is 1. The molecule has 0 radical (unpaired) electrons. The Labute approximate surface area is 174 Å². The first-order chi connectivity index (χ1) is 13.5. The van der Waals surface area contributed by atoms with Crippen LogP contribution in [-0.4, -0.2) is 11.1 Å². The molecule has 2 aromatic carbocycles. The van der Waals surface area contributed by atoms with Crippen LogP contribution in [0, 0.1) is 5.82 Å². The number of carbonyl (C=O) groups is 1. The van der Waals surface area contributed by atoms with Gasteiger partial charge in [0.2, 0.25) is 0 Å². The highest BCUT2D eigenvalue weighted by Gasteiger charge is 2.24. The smallest absolute Gasteiger partial charge is 0.264 e. The fraction of sp³-hybridized carbons (Fsp3) is 0. The highest BCUT2D eigenvalue weighted by molar-refractivity contribution is 8.18. The van der Waals surface area contributed by atoms with Crippen LogP contribution in [0.5, 0.6) is 0 Å². The summed E-state index contributed by atoms with van der Waals surface area (Å²) in [6.45, 7) is 0. The molecule has 28 heavy (non-hydrogen) atoms. The van der Waals surface area contributed by atoms with Gasteiger partial charge in [0.05, 0.1) is 15.6 Å². The van der Waals surface area contributed by atoms with Crippen molar-refractivity contribution in [2.75, 3.05) is 0 Å². The van der Waals surface area contributed by atoms with Crippen LogP contribution in [0.1, 0.15) is 5.76 Å². The molecule has 0 aliphatic carbocycles. The molecule has 0 spiro atoms. The van der Waals surface area contributed by atoms with Crippen molar-refractivity contribution >= 4 is 57.8 Å². The molecule has 140 valence electrons. The van der Waals surface area contributed by atoms with Crippen LogP contribution in [0.4, 0.5) is 10.1 Å². The number of amidine groups is 1. The predicted octanol–water partition coefficient (Wildman–Crippen LogP) is 6.28. The topological polar surface area (TPSA) is 54.6 Å². The fourth-order valence-corrected chi connectivity index (χ4v) is 3.71. The minimum Gasteiger partial charge on any atom is -0.457 e. The molecule has 1 amide bonds. The van der Waals surface area contributed by atoms with Crippen LogP contribution >= 0.6 is 35.0 Å². The molecule has 1 fully saturated rings. The van der Waals surface area contributed by atoms with E-state index in [0.29, 0.717) is 42.9 Å². The van der Waals surface area contributed by atoms with Crippen molar-refractivity contribution in [2.45, 2.75) is 0 Å². The molecule has 0 atom stereocenters. The maximum atomic E-state index is 13.0. The second-order valence-electron chi connectivity index (χ2n) is 5.78. The number of nitrogens with zero attached hydrogens (tertiary/aromatic N) is 1.